The summed E-state index contributed by atoms with van der Waals surface area (Å²) in [5.74, 6) is -1.29. The van der Waals surface area contributed by atoms with E-state index in [0.29, 0.717) is 35.2 Å². The lowest BCUT2D eigenvalue weighted by molar-refractivity contribution is -0.384. The van der Waals surface area contributed by atoms with Crippen molar-refractivity contribution < 1.29 is 19.2 Å². The van der Waals surface area contributed by atoms with Crippen LogP contribution in [0.1, 0.15) is 49.7 Å². The maximum atomic E-state index is 13.4. The molecule has 0 bridgehead atoms. The molecule has 0 spiro atoms. The number of Topliss-reactive ketones (excluding diaryl/α,β-unsaturated/α-hetero) is 1. The first-order chi connectivity index (χ1) is 15.4. The number of rotatable bonds is 5. The summed E-state index contributed by atoms with van der Waals surface area (Å²) in [5, 5.41) is 14.7. The normalized spacial score (nSPS) is 20.5. The highest BCUT2D eigenvalue weighted by atomic mass is 16.6. The number of nitro benzene ring substituents is 1. The van der Waals surface area contributed by atoms with Crippen LogP contribution in [0.25, 0.3) is 0 Å². The van der Waals surface area contributed by atoms with E-state index in [9.17, 15) is 19.7 Å². The third-order valence-corrected chi connectivity index (χ3v) is 6.01. The van der Waals surface area contributed by atoms with Crippen LogP contribution in [-0.4, -0.2) is 23.3 Å². The quantitative estimate of drug-likeness (QED) is 0.424. The summed E-state index contributed by atoms with van der Waals surface area (Å²) < 4.78 is 5.28. The van der Waals surface area contributed by atoms with E-state index >= 15 is 0 Å². The summed E-state index contributed by atoms with van der Waals surface area (Å²) in [5.41, 5.74) is 3.69. The minimum atomic E-state index is -0.713. The topological polar surface area (TPSA) is 98.5 Å². The van der Waals surface area contributed by atoms with Crippen LogP contribution in [-0.2, 0) is 14.3 Å². The molecule has 1 aliphatic heterocycles. The minimum Gasteiger partial charge on any atom is -0.463 e. The van der Waals surface area contributed by atoms with E-state index in [1.54, 1.807) is 26.0 Å². The molecule has 0 aromatic heterocycles. The van der Waals surface area contributed by atoms with Gasteiger partial charge in [-0.1, -0.05) is 42.5 Å². The van der Waals surface area contributed by atoms with Crippen LogP contribution in [0.2, 0.25) is 0 Å². The molecule has 1 N–H and O–H groups in total. The molecule has 1 aliphatic carbocycles. The van der Waals surface area contributed by atoms with Crippen molar-refractivity contribution in [2.24, 2.45) is 0 Å². The van der Waals surface area contributed by atoms with Crippen LogP contribution < -0.4 is 5.32 Å². The van der Waals surface area contributed by atoms with Gasteiger partial charge in [0.2, 0.25) is 0 Å². The predicted molar refractivity (Wildman–Crippen MR) is 119 cm³/mol. The van der Waals surface area contributed by atoms with Crippen molar-refractivity contribution in [1.29, 1.82) is 0 Å². The van der Waals surface area contributed by atoms with E-state index in [1.165, 1.54) is 12.1 Å². The summed E-state index contributed by atoms with van der Waals surface area (Å²) in [6.45, 7) is 3.68. The molecule has 2 aromatic carbocycles. The summed E-state index contributed by atoms with van der Waals surface area (Å²) in [6, 6.07) is 16.0. The number of nitrogens with zero attached hydrogens (tertiary/aromatic N) is 1. The first kappa shape index (κ1) is 21.5. The van der Waals surface area contributed by atoms with Gasteiger partial charge in [-0.3, -0.25) is 14.9 Å². The van der Waals surface area contributed by atoms with E-state index in [1.807, 2.05) is 30.3 Å². The number of ether oxygens (including phenoxy) is 1. The van der Waals surface area contributed by atoms with E-state index < -0.39 is 16.8 Å². The van der Waals surface area contributed by atoms with E-state index in [4.69, 9.17) is 4.74 Å². The van der Waals surface area contributed by atoms with Gasteiger partial charge in [-0.25, -0.2) is 4.79 Å². The van der Waals surface area contributed by atoms with Crippen LogP contribution in [0.15, 0.2) is 77.1 Å². The number of carbonyl (C=O) groups is 2. The fraction of sp³-hybridized carbons (Fsp3) is 0.280. The molecule has 164 valence electrons. The van der Waals surface area contributed by atoms with Gasteiger partial charge in [0, 0.05) is 41.4 Å². The molecule has 32 heavy (non-hydrogen) atoms. The Balaban J connectivity index is 1.83. The van der Waals surface area contributed by atoms with Gasteiger partial charge in [0.25, 0.3) is 5.69 Å². The van der Waals surface area contributed by atoms with Crippen molar-refractivity contribution in [2.45, 2.75) is 38.5 Å². The van der Waals surface area contributed by atoms with Gasteiger partial charge < -0.3 is 10.1 Å². The molecule has 0 amide bonds. The lowest BCUT2D eigenvalue weighted by Crippen LogP contribution is -2.36. The smallest absolute Gasteiger partial charge is 0.336 e. The summed E-state index contributed by atoms with van der Waals surface area (Å²) >= 11 is 0. The fourth-order valence-corrected chi connectivity index (χ4v) is 4.63. The highest BCUT2D eigenvalue weighted by molar-refractivity contribution is 6.04. The largest absolute Gasteiger partial charge is 0.463 e. The van der Waals surface area contributed by atoms with Crippen molar-refractivity contribution in [3.05, 3.63) is 98.4 Å². The lowest BCUT2D eigenvalue weighted by atomic mass is 9.71. The molecule has 0 radical (unpaired) electrons. The zero-order chi connectivity index (χ0) is 22.8. The monoisotopic (exact) mass is 432 g/mol. The van der Waals surface area contributed by atoms with Gasteiger partial charge >= 0.3 is 5.97 Å². The number of esters is 1. The number of allylic oxidation sites excluding steroid dienone is 3. The molecule has 0 fully saturated rings. The van der Waals surface area contributed by atoms with E-state index in [-0.39, 0.29) is 24.0 Å². The highest BCUT2D eigenvalue weighted by Crippen LogP contribution is 2.46. The molecule has 7 nitrogen and oxygen atoms in total. The number of benzene rings is 2. The Morgan fingerprint density at radius 3 is 2.53 bits per heavy atom. The molecule has 7 heteroatoms. The molecular weight excluding hydrogens is 408 g/mol. The first-order valence-corrected chi connectivity index (χ1v) is 10.6. The second kappa shape index (κ2) is 8.78. The Labute approximate surface area is 185 Å². The third-order valence-electron chi connectivity index (χ3n) is 6.01. The fourth-order valence-electron chi connectivity index (χ4n) is 4.63. The second-order valence-corrected chi connectivity index (χ2v) is 8.00. The van der Waals surface area contributed by atoms with Gasteiger partial charge in [-0.15, -0.1) is 0 Å². The van der Waals surface area contributed by atoms with E-state index in [2.05, 4.69) is 5.32 Å². The number of non-ortho nitro benzene ring substituents is 1. The average Bonchev–Trinajstić information content (AvgIpc) is 2.78. The molecular formula is C25H24N2O5. The Kier molecular flexibility index (Phi) is 5.90. The average molecular weight is 432 g/mol. The van der Waals surface area contributed by atoms with Gasteiger partial charge in [-0.2, -0.15) is 0 Å². The standard InChI is InChI=1S/C25H24N2O5/c1-3-32-25(29)22-15(2)26-20-13-18(16-8-5-4-6-9-16)14-21(28)24(20)23(22)17-10-7-11-19(12-17)27(30)31/h4-12,18,23,26H,3,13-14H2,1-2H3/t18-,23-/m1/s1. The van der Waals surface area contributed by atoms with Crippen LogP contribution >= 0.6 is 0 Å². The number of nitro groups is 1. The van der Waals surface area contributed by atoms with Gasteiger partial charge in [0.1, 0.15) is 0 Å². The minimum absolute atomic E-state index is 0.0256. The number of hydrogen-bond donors (Lipinski definition) is 1. The molecule has 1 heterocycles. The van der Waals surface area contributed by atoms with Crippen molar-refractivity contribution in [3.8, 4) is 0 Å². The van der Waals surface area contributed by atoms with Crippen molar-refractivity contribution in [1.82, 2.24) is 5.32 Å². The summed E-state index contributed by atoms with van der Waals surface area (Å²) in [6.07, 6.45) is 0.926. The van der Waals surface area contributed by atoms with Gasteiger partial charge in [0.15, 0.2) is 5.78 Å². The Morgan fingerprint density at radius 2 is 1.84 bits per heavy atom. The molecule has 0 saturated heterocycles. The maximum Gasteiger partial charge on any atom is 0.336 e. The van der Waals surface area contributed by atoms with Crippen molar-refractivity contribution in [3.63, 3.8) is 0 Å². The predicted octanol–water partition coefficient (Wildman–Crippen LogP) is 4.52. The highest BCUT2D eigenvalue weighted by Gasteiger charge is 2.41. The molecule has 2 aromatic rings. The summed E-state index contributed by atoms with van der Waals surface area (Å²) in [4.78, 5) is 37.2. The third kappa shape index (κ3) is 3.93. The number of ketones is 1. The Morgan fingerprint density at radius 1 is 1.12 bits per heavy atom. The first-order valence-electron chi connectivity index (χ1n) is 10.6. The number of carbonyl (C=O) groups excluding carboxylic acids is 2. The molecule has 2 atom stereocenters. The lowest BCUT2D eigenvalue weighted by Gasteiger charge is -2.36. The van der Waals surface area contributed by atoms with Gasteiger partial charge in [0.05, 0.1) is 17.1 Å². The molecule has 0 unspecified atom stereocenters. The zero-order valence-electron chi connectivity index (χ0n) is 18.0. The molecule has 0 saturated carbocycles. The van der Waals surface area contributed by atoms with Crippen LogP contribution in [0, 0.1) is 10.1 Å². The molecule has 4 rings (SSSR count). The van der Waals surface area contributed by atoms with Crippen LogP contribution in [0.3, 0.4) is 0 Å². The summed E-state index contributed by atoms with van der Waals surface area (Å²) in [7, 11) is 0. The van der Waals surface area contributed by atoms with Crippen LogP contribution in [0.4, 0.5) is 5.69 Å². The Bertz CT molecular complexity index is 1150. The zero-order valence-corrected chi connectivity index (χ0v) is 18.0. The SMILES string of the molecule is CCOC(=O)C1=C(C)NC2=C(C(=O)C[C@H](c3ccccc3)C2)[C@@H]1c1cccc([N+](=O)[O-])c1. The van der Waals surface area contributed by atoms with Gasteiger partial charge in [-0.05, 0) is 37.3 Å². The van der Waals surface area contributed by atoms with Crippen molar-refractivity contribution in [2.75, 3.05) is 6.61 Å². The number of dihydropyridines is 1. The van der Waals surface area contributed by atoms with Crippen molar-refractivity contribution >= 4 is 17.4 Å². The van der Waals surface area contributed by atoms with E-state index in [0.717, 1.165) is 11.3 Å². The number of nitrogens with one attached hydrogen (secondary N) is 1. The van der Waals surface area contributed by atoms with Crippen LogP contribution in [0.5, 0.6) is 0 Å². The second-order valence-electron chi connectivity index (χ2n) is 8.00. The number of hydrogen-bond acceptors (Lipinski definition) is 6. The molecule has 2 aliphatic rings. The maximum absolute atomic E-state index is 13.4. The Hall–Kier alpha value is -3.74.